The number of carbonyl (C=O) groups excluding carboxylic acids is 1. The lowest BCUT2D eigenvalue weighted by Gasteiger charge is -2.28. The van der Waals surface area contributed by atoms with E-state index in [1.54, 1.807) is 0 Å². The second kappa shape index (κ2) is 3.95. The molecule has 1 aliphatic rings. The predicted molar refractivity (Wildman–Crippen MR) is 52.3 cm³/mol. The Morgan fingerprint density at radius 3 is 2.62 bits per heavy atom. The SMILES string of the molecule is CC(C)(C)C1=CC[C@@H](OC=O)CC1. The van der Waals surface area contributed by atoms with Gasteiger partial charge in [0.05, 0.1) is 0 Å². The van der Waals surface area contributed by atoms with Gasteiger partial charge in [-0.25, -0.2) is 0 Å². The van der Waals surface area contributed by atoms with Crippen LogP contribution in [0.25, 0.3) is 0 Å². The summed E-state index contributed by atoms with van der Waals surface area (Å²) in [5.74, 6) is 0. The zero-order valence-corrected chi connectivity index (χ0v) is 8.67. The topological polar surface area (TPSA) is 26.3 Å². The van der Waals surface area contributed by atoms with Crippen LogP contribution in [-0.2, 0) is 9.53 Å². The lowest BCUT2D eigenvalue weighted by molar-refractivity contribution is -0.133. The Kier molecular flexibility index (Phi) is 3.12. The molecule has 0 fully saturated rings. The van der Waals surface area contributed by atoms with Crippen molar-refractivity contribution >= 4 is 6.47 Å². The molecule has 2 nitrogen and oxygen atoms in total. The van der Waals surface area contributed by atoms with Crippen molar-refractivity contribution in [3.8, 4) is 0 Å². The van der Waals surface area contributed by atoms with E-state index >= 15 is 0 Å². The summed E-state index contributed by atoms with van der Waals surface area (Å²) in [6.45, 7) is 7.22. The normalized spacial score (nSPS) is 23.6. The summed E-state index contributed by atoms with van der Waals surface area (Å²) in [6, 6.07) is 0. The molecular weight excluding hydrogens is 164 g/mol. The number of ether oxygens (including phenoxy) is 1. The fraction of sp³-hybridized carbons (Fsp3) is 0.727. The van der Waals surface area contributed by atoms with Gasteiger partial charge in [0.25, 0.3) is 6.47 Å². The van der Waals surface area contributed by atoms with Crippen LogP contribution in [0.2, 0.25) is 0 Å². The molecule has 1 aliphatic carbocycles. The molecule has 0 aromatic heterocycles. The first-order valence-electron chi connectivity index (χ1n) is 4.82. The molecule has 0 spiro atoms. The van der Waals surface area contributed by atoms with Crippen molar-refractivity contribution in [1.29, 1.82) is 0 Å². The van der Waals surface area contributed by atoms with Gasteiger partial charge in [0, 0.05) is 6.42 Å². The van der Waals surface area contributed by atoms with Crippen LogP contribution in [0.15, 0.2) is 11.6 Å². The minimum absolute atomic E-state index is 0.114. The van der Waals surface area contributed by atoms with Gasteiger partial charge in [-0.3, -0.25) is 4.79 Å². The summed E-state index contributed by atoms with van der Waals surface area (Å²) in [6.07, 6.45) is 5.25. The Bertz CT molecular complexity index is 211. The average molecular weight is 182 g/mol. The molecule has 0 aliphatic heterocycles. The molecule has 0 aromatic rings. The molecule has 0 aromatic carbocycles. The van der Waals surface area contributed by atoms with Crippen LogP contribution in [0.3, 0.4) is 0 Å². The van der Waals surface area contributed by atoms with Crippen molar-refractivity contribution < 1.29 is 9.53 Å². The van der Waals surface area contributed by atoms with E-state index in [4.69, 9.17) is 4.74 Å². The molecule has 0 saturated carbocycles. The highest BCUT2D eigenvalue weighted by atomic mass is 16.5. The van der Waals surface area contributed by atoms with Crippen molar-refractivity contribution in [2.45, 2.75) is 46.1 Å². The zero-order valence-electron chi connectivity index (χ0n) is 8.67. The molecule has 1 atom stereocenters. The first-order chi connectivity index (χ1) is 6.04. The van der Waals surface area contributed by atoms with E-state index in [1.165, 1.54) is 5.57 Å². The van der Waals surface area contributed by atoms with Gasteiger partial charge in [0.15, 0.2) is 0 Å². The molecule has 0 amide bonds. The second-order valence-electron chi connectivity index (χ2n) is 4.61. The zero-order chi connectivity index (χ0) is 9.90. The Labute approximate surface area is 80.0 Å². The molecule has 1 rings (SSSR count). The molecular formula is C11H18O2. The maximum Gasteiger partial charge on any atom is 0.293 e. The first-order valence-corrected chi connectivity index (χ1v) is 4.82. The van der Waals surface area contributed by atoms with Gasteiger partial charge in [-0.05, 0) is 18.3 Å². The van der Waals surface area contributed by atoms with Crippen molar-refractivity contribution in [2.75, 3.05) is 0 Å². The van der Waals surface area contributed by atoms with Crippen LogP contribution in [0.4, 0.5) is 0 Å². The molecule has 74 valence electrons. The molecule has 0 N–H and O–H groups in total. The first kappa shape index (κ1) is 10.3. The van der Waals surface area contributed by atoms with Crippen LogP contribution in [0.1, 0.15) is 40.0 Å². The number of allylic oxidation sites excluding steroid dienone is 1. The highest BCUT2D eigenvalue weighted by Gasteiger charge is 2.22. The molecule has 2 heteroatoms. The van der Waals surface area contributed by atoms with E-state index in [0.29, 0.717) is 6.47 Å². The van der Waals surface area contributed by atoms with Crippen molar-refractivity contribution in [3.05, 3.63) is 11.6 Å². The fourth-order valence-corrected chi connectivity index (χ4v) is 1.69. The van der Waals surface area contributed by atoms with Gasteiger partial charge in [-0.2, -0.15) is 0 Å². The Morgan fingerprint density at radius 1 is 1.54 bits per heavy atom. The third kappa shape index (κ3) is 2.87. The van der Waals surface area contributed by atoms with Crippen LogP contribution in [0.5, 0.6) is 0 Å². The van der Waals surface area contributed by atoms with Gasteiger partial charge >= 0.3 is 0 Å². The van der Waals surface area contributed by atoms with E-state index in [0.717, 1.165) is 19.3 Å². The van der Waals surface area contributed by atoms with Crippen LogP contribution >= 0.6 is 0 Å². The van der Waals surface area contributed by atoms with Gasteiger partial charge < -0.3 is 4.74 Å². The third-order valence-corrected chi connectivity index (χ3v) is 2.57. The summed E-state index contributed by atoms with van der Waals surface area (Å²) >= 11 is 0. The third-order valence-electron chi connectivity index (χ3n) is 2.57. The molecule has 0 radical (unpaired) electrons. The summed E-state index contributed by atoms with van der Waals surface area (Å²) in [7, 11) is 0. The number of hydrogen-bond acceptors (Lipinski definition) is 2. The standard InChI is InChI=1S/C11H18O2/c1-11(2,3)9-4-6-10(7-5-9)13-8-12/h4,8,10H,5-7H2,1-3H3/t10-/m1/s1. The van der Waals surface area contributed by atoms with Crippen molar-refractivity contribution in [3.63, 3.8) is 0 Å². The van der Waals surface area contributed by atoms with E-state index < -0.39 is 0 Å². The van der Waals surface area contributed by atoms with Crippen LogP contribution < -0.4 is 0 Å². The summed E-state index contributed by atoms with van der Waals surface area (Å²) in [4.78, 5) is 10.1. The Balaban J connectivity index is 2.52. The maximum atomic E-state index is 10.1. The smallest absolute Gasteiger partial charge is 0.293 e. The van der Waals surface area contributed by atoms with Gasteiger partial charge in [0.2, 0.25) is 0 Å². The molecule has 0 heterocycles. The predicted octanol–water partition coefficient (Wildman–Crippen LogP) is 2.68. The minimum atomic E-state index is 0.114. The summed E-state index contributed by atoms with van der Waals surface area (Å²) < 4.78 is 4.92. The Hall–Kier alpha value is -0.790. The quantitative estimate of drug-likeness (QED) is 0.485. The molecule has 13 heavy (non-hydrogen) atoms. The van der Waals surface area contributed by atoms with E-state index in [1.807, 2.05) is 0 Å². The highest BCUT2D eigenvalue weighted by Crippen LogP contribution is 2.33. The van der Waals surface area contributed by atoms with Crippen molar-refractivity contribution in [2.24, 2.45) is 5.41 Å². The minimum Gasteiger partial charge on any atom is -0.464 e. The molecule has 0 bridgehead atoms. The summed E-state index contributed by atoms with van der Waals surface area (Å²) in [5, 5.41) is 0. The van der Waals surface area contributed by atoms with Gasteiger partial charge in [-0.15, -0.1) is 0 Å². The van der Waals surface area contributed by atoms with E-state index in [-0.39, 0.29) is 11.5 Å². The fourth-order valence-electron chi connectivity index (χ4n) is 1.69. The lowest BCUT2D eigenvalue weighted by atomic mass is 9.80. The molecule has 0 saturated heterocycles. The van der Waals surface area contributed by atoms with Gasteiger partial charge in [0.1, 0.15) is 6.10 Å². The lowest BCUT2D eigenvalue weighted by Crippen LogP contribution is -2.20. The number of carbonyl (C=O) groups is 1. The Morgan fingerprint density at radius 2 is 2.23 bits per heavy atom. The van der Waals surface area contributed by atoms with Crippen molar-refractivity contribution in [1.82, 2.24) is 0 Å². The monoisotopic (exact) mass is 182 g/mol. The maximum absolute atomic E-state index is 10.1. The second-order valence-corrected chi connectivity index (χ2v) is 4.61. The van der Waals surface area contributed by atoms with E-state index in [2.05, 4.69) is 26.8 Å². The van der Waals surface area contributed by atoms with Crippen LogP contribution in [0, 0.1) is 5.41 Å². The molecule has 0 unspecified atom stereocenters. The number of rotatable bonds is 2. The number of hydrogen-bond donors (Lipinski definition) is 0. The summed E-state index contributed by atoms with van der Waals surface area (Å²) in [5.41, 5.74) is 1.75. The average Bonchev–Trinajstić information content (AvgIpc) is 2.04. The largest absolute Gasteiger partial charge is 0.464 e. The highest BCUT2D eigenvalue weighted by molar-refractivity contribution is 5.37. The van der Waals surface area contributed by atoms with Crippen LogP contribution in [-0.4, -0.2) is 12.6 Å². The van der Waals surface area contributed by atoms with E-state index in [9.17, 15) is 4.79 Å². The van der Waals surface area contributed by atoms with Gasteiger partial charge in [-0.1, -0.05) is 32.4 Å².